The lowest BCUT2D eigenvalue weighted by atomic mass is 9.71. The summed E-state index contributed by atoms with van der Waals surface area (Å²) in [6.07, 6.45) is 3.77. The number of anilines is 1. The molecule has 1 heterocycles. The van der Waals surface area contributed by atoms with E-state index in [2.05, 4.69) is 15.3 Å². The summed E-state index contributed by atoms with van der Waals surface area (Å²) in [7, 11) is 0. The fraction of sp³-hybridized carbons (Fsp3) is 0.438. The third-order valence-electron chi connectivity index (χ3n) is 4.56. The average Bonchev–Trinajstić information content (AvgIpc) is 2.87. The standard InChI is InChI=1S/C16H19N3O4/c20-13(9-16(14(21)22)6-2-1-3-7-16)17-10-4-5-11-12(8-10)19-15(23)18-11/h4-5,8H,1-3,6-7,9H2,(H,17,20)(H,21,22)(H2,18,19,23). The smallest absolute Gasteiger partial charge is 0.323 e. The molecule has 7 heteroatoms. The number of carbonyl (C=O) groups excluding carboxylic acids is 1. The van der Waals surface area contributed by atoms with Crippen molar-refractivity contribution in [1.29, 1.82) is 0 Å². The number of fused-ring (bicyclic) bond motifs is 1. The summed E-state index contributed by atoms with van der Waals surface area (Å²) in [5.74, 6) is -1.20. The number of aliphatic carboxylic acids is 1. The fourth-order valence-electron chi connectivity index (χ4n) is 3.32. The van der Waals surface area contributed by atoms with Crippen molar-refractivity contribution in [3.63, 3.8) is 0 Å². The van der Waals surface area contributed by atoms with Crippen molar-refractivity contribution in [2.24, 2.45) is 5.41 Å². The van der Waals surface area contributed by atoms with Crippen molar-refractivity contribution in [2.75, 3.05) is 5.32 Å². The Morgan fingerprint density at radius 3 is 2.52 bits per heavy atom. The average molecular weight is 317 g/mol. The predicted molar refractivity (Wildman–Crippen MR) is 85.3 cm³/mol. The Bertz CT molecular complexity index is 799. The zero-order valence-corrected chi connectivity index (χ0v) is 12.6. The molecule has 1 fully saturated rings. The summed E-state index contributed by atoms with van der Waals surface area (Å²) in [5, 5.41) is 12.3. The van der Waals surface area contributed by atoms with Crippen LogP contribution in [0.5, 0.6) is 0 Å². The van der Waals surface area contributed by atoms with Crippen LogP contribution < -0.4 is 11.0 Å². The van der Waals surface area contributed by atoms with Gasteiger partial charge in [0, 0.05) is 12.1 Å². The van der Waals surface area contributed by atoms with Gasteiger partial charge in [-0.2, -0.15) is 0 Å². The molecule has 0 saturated heterocycles. The topological polar surface area (TPSA) is 115 Å². The Morgan fingerprint density at radius 1 is 1.13 bits per heavy atom. The zero-order valence-electron chi connectivity index (χ0n) is 12.6. The maximum Gasteiger partial charge on any atom is 0.323 e. The molecule has 1 aliphatic rings. The maximum atomic E-state index is 12.3. The van der Waals surface area contributed by atoms with Crippen LogP contribution in [0.2, 0.25) is 0 Å². The highest BCUT2D eigenvalue weighted by atomic mass is 16.4. The van der Waals surface area contributed by atoms with Gasteiger partial charge in [0.2, 0.25) is 5.91 Å². The van der Waals surface area contributed by atoms with Gasteiger partial charge in [-0.15, -0.1) is 0 Å². The quantitative estimate of drug-likeness (QED) is 0.692. The number of hydrogen-bond acceptors (Lipinski definition) is 3. The highest BCUT2D eigenvalue weighted by molar-refractivity contribution is 5.95. The SMILES string of the molecule is O=C(CC1(C(=O)O)CCCCC1)Nc1ccc2[nH]c(=O)[nH]c2c1. The first-order chi connectivity index (χ1) is 11.0. The minimum absolute atomic E-state index is 0.0238. The molecule has 1 saturated carbocycles. The van der Waals surface area contributed by atoms with Gasteiger partial charge in [0.1, 0.15) is 0 Å². The molecule has 0 aliphatic heterocycles. The molecule has 122 valence electrons. The summed E-state index contributed by atoms with van der Waals surface area (Å²) in [6, 6.07) is 5.02. The van der Waals surface area contributed by atoms with Gasteiger partial charge >= 0.3 is 11.7 Å². The number of carboxylic acid groups (broad SMARTS) is 1. The van der Waals surface area contributed by atoms with Crippen LogP contribution in [0.3, 0.4) is 0 Å². The molecule has 1 aromatic heterocycles. The Labute approximate surface area is 132 Å². The van der Waals surface area contributed by atoms with Crippen LogP contribution >= 0.6 is 0 Å². The first-order valence-corrected chi connectivity index (χ1v) is 7.74. The predicted octanol–water partition coefficient (Wildman–Crippen LogP) is 2.22. The lowest BCUT2D eigenvalue weighted by Crippen LogP contribution is -2.37. The number of benzene rings is 1. The van der Waals surface area contributed by atoms with Crippen LogP contribution in [0.1, 0.15) is 38.5 Å². The molecule has 4 N–H and O–H groups in total. The van der Waals surface area contributed by atoms with Gasteiger partial charge in [-0.1, -0.05) is 19.3 Å². The molecule has 1 aliphatic carbocycles. The van der Waals surface area contributed by atoms with Gasteiger partial charge in [-0.3, -0.25) is 9.59 Å². The third-order valence-corrected chi connectivity index (χ3v) is 4.56. The second kappa shape index (κ2) is 5.91. The van der Waals surface area contributed by atoms with E-state index in [1.165, 1.54) is 0 Å². The van der Waals surface area contributed by atoms with Gasteiger partial charge < -0.3 is 20.4 Å². The van der Waals surface area contributed by atoms with Crippen molar-refractivity contribution in [3.8, 4) is 0 Å². The van der Waals surface area contributed by atoms with Crippen LogP contribution in [0, 0.1) is 5.41 Å². The van der Waals surface area contributed by atoms with E-state index < -0.39 is 11.4 Å². The van der Waals surface area contributed by atoms with E-state index in [1.54, 1.807) is 18.2 Å². The molecule has 0 unspecified atom stereocenters. The van der Waals surface area contributed by atoms with Crippen LogP contribution in [-0.4, -0.2) is 27.0 Å². The monoisotopic (exact) mass is 317 g/mol. The zero-order chi connectivity index (χ0) is 16.4. The minimum Gasteiger partial charge on any atom is -0.481 e. The Morgan fingerprint density at radius 2 is 1.83 bits per heavy atom. The highest BCUT2D eigenvalue weighted by Crippen LogP contribution is 2.39. The summed E-state index contributed by atoms with van der Waals surface area (Å²) < 4.78 is 0. The molecular formula is C16H19N3O4. The second-order valence-corrected chi connectivity index (χ2v) is 6.21. The maximum absolute atomic E-state index is 12.3. The lowest BCUT2D eigenvalue weighted by molar-refractivity contribution is -0.153. The van der Waals surface area contributed by atoms with E-state index in [1.807, 2.05) is 0 Å². The number of carboxylic acids is 1. The number of amides is 1. The van der Waals surface area contributed by atoms with E-state index >= 15 is 0 Å². The van der Waals surface area contributed by atoms with E-state index in [4.69, 9.17) is 0 Å². The largest absolute Gasteiger partial charge is 0.481 e. The van der Waals surface area contributed by atoms with Gasteiger partial charge in [0.15, 0.2) is 0 Å². The van der Waals surface area contributed by atoms with Gasteiger partial charge in [-0.25, -0.2) is 4.79 Å². The molecule has 3 rings (SSSR count). The molecule has 0 radical (unpaired) electrons. The Kier molecular flexibility index (Phi) is 3.94. The molecule has 23 heavy (non-hydrogen) atoms. The van der Waals surface area contributed by atoms with Gasteiger partial charge in [0.25, 0.3) is 0 Å². The van der Waals surface area contributed by atoms with Crippen LogP contribution in [-0.2, 0) is 9.59 Å². The number of aromatic nitrogens is 2. The van der Waals surface area contributed by atoms with Gasteiger partial charge in [-0.05, 0) is 31.0 Å². The minimum atomic E-state index is -0.950. The van der Waals surface area contributed by atoms with Crippen molar-refractivity contribution < 1.29 is 14.7 Å². The Balaban J connectivity index is 1.74. The first kappa shape index (κ1) is 15.3. The first-order valence-electron chi connectivity index (χ1n) is 7.74. The number of nitrogens with one attached hydrogen (secondary N) is 3. The molecular weight excluding hydrogens is 298 g/mol. The van der Waals surface area contributed by atoms with E-state index in [-0.39, 0.29) is 18.0 Å². The number of aromatic amines is 2. The summed E-state index contributed by atoms with van der Waals surface area (Å²) in [5.41, 5.74) is 0.528. The van der Waals surface area contributed by atoms with E-state index in [9.17, 15) is 19.5 Å². The summed E-state index contributed by atoms with van der Waals surface area (Å²) >= 11 is 0. The number of rotatable bonds is 4. The van der Waals surface area contributed by atoms with Crippen LogP contribution in [0.25, 0.3) is 11.0 Å². The number of H-pyrrole nitrogens is 2. The Hall–Kier alpha value is -2.57. The van der Waals surface area contributed by atoms with Crippen LogP contribution in [0.4, 0.5) is 5.69 Å². The van der Waals surface area contributed by atoms with Crippen molar-refractivity contribution >= 4 is 28.6 Å². The normalized spacial score (nSPS) is 17.0. The molecule has 0 spiro atoms. The van der Waals surface area contributed by atoms with Crippen molar-refractivity contribution in [3.05, 3.63) is 28.7 Å². The summed E-state index contributed by atoms with van der Waals surface area (Å²) in [6.45, 7) is 0. The molecule has 1 aromatic carbocycles. The van der Waals surface area contributed by atoms with Crippen LogP contribution in [0.15, 0.2) is 23.0 Å². The third kappa shape index (κ3) is 3.13. The molecule has 7 nitrogen and oxygen atoms in total. The molecule has 1 amide bonds. The van der Waals surface area contributed by atoms with Crippen molar-refractivity contribution in [2.45, 2.75) is 38.5 Å². The van der Waals surface area contributed by atoms with E-state index in [0.717, 1.165) is 19.3 Å². The number of imidazole rings is 1. The molecule has 0 bridgehead atoms. The summed E-state index contributed by atoms with van der Waals surface area (Å²) in [4.78, 5) is 40.4. The number of carbonyl (C=O) groups is 2. The second-order valence-electron chi connectivity index (χ2n) is 6.21. The molecule has 2 aromatic rings. The van der Waals surface area contributed by atoms with Gasteiger partial charge in [0.05, 0.1) is 16.4 Å². The van der Waals surface area contributed by atoms with E-state index in [0.29, 0.717) is 29.6 Å². The number of hydrogen-bond donors (Lipinski definition) is 4. The van der Waals surface area contributed by atoms with Crippen molar-refractivity contribution in [1.82, 2.24) is 9.97 Å². The highest BCUT2D eigenvalue weighted by Gasteiger charge is 2.41. The molecule has 0 atom stereocenters. The lowest BCUT2D eigenvalue weighted by Gasteiger charge is -2.32. The fourth-order valence-corrected chi connectivity index (χ4v) is 3.32.